The van der Waals surface area contributed by atoms with Crippen LogP contribution >= 0.6 is 0 Å². The number of imidazole rings is 1. The first-order chi connectivity index (χ1) is 6.79. The molecule has 0 spiro atoms. The van der Waals surface area contributed by atoms with Crippen molar-refractivity contribution in [2.24, 2.45) is 4.99 Å². The maximum absolute atomic E-state index is 8.27. The van der Waals surface area contributed by atoms with Gasteiger partial charge in [0.2, 0.25) is 0 Å². The number of methoxy groups -OCH3 is 1. The number of aliphatic imine (C=N–C) groups is 1. The number of hydrogen-bond acceptors (Lipinski definition) is 5. The molecule has 0 amide bonds. The van der Waals surface area contributed by atoms with Crippen LogP contribution in [0.15, 0.2) is 11.3 Å². The second kappa shape index (κ2) is 4.99. The van der Waals surface area contributed by atoms with Gasteiger partial charge >= 0.3 is 0 Å². The topological polar surface area (TPSA) is 89.2 Å². The van der Waals surface area contributed by atoms with Crippen molar-refractivity contribution in [3.8, 4) is 6.07 Å². The molecule has 6 nitrogen and oxygen atoms in total. The average molecular weight is 193 g/mol. The molecule has 0 unspecified atom stereocenters. The molecular formula is C8H11N5O. The Kier molecular flexibility index (Phi) is 3.64. The SMILES string of the molecule is COCCn1cnc(/N=C/C#N)c1N. The van der Waals surface area contributed by atoms with E-state index in [-0.39, 0.29) is 0 Å². The zero-order valence-electron chi connectivity index (χ0n) is 7.84. The summed E-state index contributed by atoms with van der Waals surface area (Å²) in [6.45, 7) is 1.18. The first-order valence-electron chi connectivity index (χ1n) is 4.01. The first kappa shape index (κ1) is 10.2. The number of ether oxygens (including phenoxy) is 1. The van der Waals surface area contributed by atoms with E-state index in [2.05, 4.69) is 9.98 Å². The van der Waals surface area contributed by atoms with Gasteiger partial charge in [0, 0.05) is 13.7 Å². The van der Waals surface area contributed by atoms with Crippen molar-refractivity contribution in [3.05, 3.63) is 6.33 Å². The van der Waals surface area contributed by atoms with Crippen LogP contribution in [0.4, 0.5) is 11.6 Å². The second-order valence-electron chi connectivity index (χ2n) is 2.53. The summed E-state index contributed by atoms with van der Waals surface area (Å²) in [6, 6.07) is 1.77. The van der Waals surface area contributed by atoms with Gasteiger partial charge in [0.05, 0.1) is 12.9 Å². The summed E-state index contributed by atoms with van der Waals surface area (Å²) in [4.78, 5) is 7.71. The largest absolute Gasteiger partial charge is 0.383 e. The van der Waals surface area contributed by atoms with E-state index in [1.54, 1.807) is 24.1 Å². The molecule has 74 valence electrons. The quantitative estimate of drug-likeness (QED) is 0.698. The molecule has 0 aliphatic heterocycles. The van der Waals surface area contributed by atoms with Crippen molar-refractivity contribution >= 4 is 17.9 Å². The fourth-order valence-electron chi connectivity index (χ4n) is 0.938. The molecule has 1 aromatic rings. The highest BCUT2D eigenvalue weighted by atomic mass is 16.5. The zero-order valence-corrected chi connectivity index (χ0v) is 7.84. The Bertz CT molecular complexity index is 362. The highest BCUT2D eigenvalue weighted by molar-refractivity contribution is 5.78. The molecule has 0 bridgehead atoms. The minimum absolute atomic E-state index is 0.364. The lowest BCUT2D eigenvalue weighted by Gasteiger charge is -2.02. The van der Waals surface area contributed by atoms with E-state index < -0.39 is 0 Å². The van der Waals surface area contributed by atoms with E-state index in [1.807, 2.05) is 0 Å². The number of hydrogen-bond donors (Lipinski definition) is 1. The molecule has 6 heteroatoms. The summed E-state index contributed by atoms with van der Waals surface area (Å²) >= 11 is 0. The van der Waals surface area contributed by atoms with Gasteiger partial charge in [-0.2, -0.15) is 5.26 Å². The van der Waals surface area contributed by atoms with Crippen LogP contribution in [0, 0.1) is 11.3 Å². The minimum Gasteiger partial charge on any atom is -0.383 e. The van der Waals surface area contributed by atoms with Crippen LogP contribution in [0.25, 0.3) is 0 Å². The van der Waals surface area contributed by atoms with E-state index in [9.17, 15) is 0 Å². The van der Waals surface area contributed by atoms with Crippen LogP contribution in [-0.4, -0.2) is 29.5 Å². The lowest BCUT2D eigenvalue weighted by Crippen LogP contribution is -2.06. The van der Waals surface area contributed by atoms with Crippen LogP contribution in [0.5, 0.6) is 0 Å². The maximum Gasteiger partial charge on any atom is 0.195 e. The predicted molar refractivity (Wildman–Crippen MR) is 52.3 cm³/mol. The van der Waals surface area contributed by atoms with Crippen molar-refractivity contribution < 1.29 is 4.74 Å². The fourth-order valence-corrected chi connectivity index (χ4v) is 0.938. The van der Waals surface area contributed by atoms with Gasteiger partial charge < -0.3 is 15.0 Å². The van der Waals surface area contributed by atoms with E-state index in [0.29, 0.717) is 24.8 Å². The Morgan fingerprint density at radius 3 is 3.29 bits per heavy atom. The lowest BCUT2D eigenvalue weighted by molar-refractivity contribution is 0.188. The number of rotatable bonds is 4. The van der Waals surface area contributed by atoms with E-state index in [1.165, 1.54) is 0 Å². The standard InChI is InChI=1S/C8H11N5O/c1-14-5-4-13-6-12-8(7(13)10)11-3-2-9/h3,6H,4-5,10H2,1H3/b11-3+. The normalized spacial score (nSPS) is 10.6. The van der Waals surface area contributed by atoms with Crippen molar-refractivity contribution in [1.29, 1.82) is 5.26 Å². The van der Waals surface area contributed by atoms with Crippen LogP contribution in [0.1, 0.15) is 0 Å². The van der Waals surface area contributed by atoms with Crippen LogP contribution in [0.2, 0.25) is 0 Å². The van der Waals surface area contributed by atoms with Gasteiger partial charge in [-0.15, -0.1) is 0 Å². The van der Waals surface area contributed by atoms with Crippen LogP contribution in [-0.2, 0) is 11.3 Å². The van der Waals surface area contributed by atoms with Gasteiger partial charge in [0.15, 0.2) is 11.6 Å². The van der Waals surface area contributed by atoms with Gasteiger partial charge in [-0.1, -0.05) is 0 Å². The molecule has 0 aliphatic rings. The van der Waals surface area contributed by atoms with Gasteiger partial charge in [0.25, 0.3) is 0 Å². The fraction of sp³-hybridized carbons (Fsp3) is 0.375. The third kappa shape index (κ3) is 2.31. The molecule has 0 atom stereocenters. The summed E-state index contributed by atoms with van der Waals surface area (Å²) in [7, 11) is 1.61. The third-order valence-electron chi connectivity index (χ3n) is 1.64. The van der Waals surface area contributed by atoms with Gasteiger partial charge in [-0.05, 0) is 0 Å². The highest BCUT2D eigenvalue weighted by Crippen LogP contribution is 2.18. The predicted octanol–water partition coefficient (Wildman–Crippen LogP) is 0.338. The second-order valence-corrected chi connectivity index (χ2v) is 2.53. The Morgan fingerprint density at radius 2 is 2.64 bits per heavy atom. The molecule has 0 aliphatic carbocycles. The molecule has 2 N–H and O–H groups in total. The van der Waals surface area contributed by atoms with Crippen molar-refractivity contribution in [1.82, 2.24) is 9.55 Å². The maximum atomic E-state index is 8.27. The first-order valence-corrected chi connectivity index (χ1v) is 4.01. The zero-order chi connectivity index (χ0) is 10.4. The number of nitrogens with zero attached hydrogens (tertiary/aromatic N) is 4. The molecule has 0 radical (unpaired) electrons. The van der Waals surface area contributed by atoms with Gasteiger partial charge in [-0.3, -0.25) is 0 Å². The Hall–Kier alpha value is -1.87. The Morgan fingerprint density at radius 1 is 1.86 bits per heavy atom. The number of nitrogen functional groups attached to an aromatic ring is 1. The van der Waals surface area contributed by atoms with Crippen molar-refractivity contribution in [2.45, 2.75) is 6.54 Å². The van der Waals surface area contributed by atoms with Gasteiger partial charge in [-0.25, -0.2) is 9.98 Å². The number of nitriles is 1. The molecule has 1 rings (SSSR count). The van der Waals surface area contributed by atoms with Crippen molar-refractivity contribution in [2.75, 3.05) is 19.5 Å². The van der Waals surface area contributed by atoms with Crippen LogP contribution in [0.3, 0.4) is 0 Å². The van der Waals surface area contributed by atoms with Crippen molar-refractivity contribution in [3.63, 3.8) is 0 Å². The summed E-state index contributed by atoms with van der Waals surface area (Å²) in [5.41, 5.74) is 5.71. The summed E-state index contributed by atoms with van der Waals surface area (Å²) < 4.78 is 6.61. The number of aromatic nitrogens is 2. The average Bonchev–Trinajstić information content (AvgIpc) is 2.54. The lowest BCUT2D eigenvalue weighted by atomic mass is 10.6. The third-order valence-corrected chi connectivity index (χ3v) is 1.64. The van der Waals surface area contributed by atoms with E-state index >= 15 is 0 Å². The molecule has 0 saturated heterocycles. The molecule has 1 aromatic heterocycles. The molecule has 0 fully saturated rings. The van der Waals surface area contributed by atoms with Crippen LogP contribution < -0.4 is 5.73 Å². The summed E-state index contributed by atoms with van der Waals surface area (Å²) in [5, 5.41) is 8.27. The minimum atomic E-state index is 0.364. The molecule has 0 aromatic carbocycles. The highest BCUT2D eigenvalue weighted by Gasteiger charge is 2.04. The monoisotopic (exact) mass is 193 g/mol. The molecule has 1 heterocycles. The Labute approximate surface area is 81.6 Å². The molecule has 14 heavy (non-hydrogen) atoms. The van der Waals surface area contributed by atoms with Gasteiger partial charge in [0.1, 0.15) is 12.3 Å². The number of nitrogens with two attached hydrogens (primary N) is 1. The Balaban J connectivity index is 2.76. The summed E-state index contributed by atoms with van der Waals surface area (Å²) in [6.07, 6.45) is 2.66. The van der Waals surface area contributed by atoms with E-state index in [4.69, 9.17) is 15.7 Å². The number of anilines is 1. The molecular weight excluding hydrogens is 182 g/mol. The molecule has 0 saturated carbocycles. The summed E-state index contributed by atoms with van der Waals surface area (Å²) in [5.74, 6) is 0.802. The smallest absolute Gasteiger partial charge is 0.195 e. The van der Waals surface area contributed by atoms with E-state index in [0.717, 1.165) is 6.21 Å².